The molecule has 0 radical (unpaired) electrons. The lowest BCUT2D eigenvalue weighted by Gasteiger charge is -2.43. The Morgan fingerprint density at radius 1 is 1.43 bits per heavy atom. The van der Waals surface area contributed by atoms with E-state index >= 15 is 0 Å². The molecule has 4 nitrogen and oxygen atoms in total. The molecule has 8 heteroatoms. The normalized spacial score (nSPS) is 17.6. The highest BCUT2D eigenvalue weighted by Crippen LogP contribution is 2.42. The average molecular weight is 353 g/mol. The van der Waals surface area contributed by atoms with Gasteiger partial charge in [-0.15, -0.1) is 12.4 Å². The largest absolute Gasteiger partial charge is 0.416 e. The van der Waals surface area contributed by atoms with Crippen LogP contribution in [0.15, 0.2) is 24.3 Å². The molecular weight excluding hydrogens is 333 g/mol. The summed E-state index contributed by atoms with van der Waals surface area (Å²) >= 11 is 0. The van der Waals surface area contributed by atoms with Crippen molar-refractivity contribution in [3.8, 4) is 0 Å². The van der Waals surface area contributed by atoms with Crippen molar-refractivity contribution in [3.63, 3.8) is 0 Å². The third-order valence-electron chi connectivity index (χ3n) is 4.00. The number of carbonyl (C=O) groups excluding carboxylic acids is 1. The number of benzene rings is 1. The molecule has 1 aliphatic carbocycles. The first kappa shape index (κ1) is 19.7. The minimum absolute atomic E-state index is 0. The van der Waals surface area contributed by atoms with Gasteiger partial charge in [0, 0.05) is 7.11 Å². The Balaban J connectivity index is 0.00000264. The molecule has 0 bridgehead atoms. The van der Waals surface area contributed by atoms with E-state index < -0.39 is 29.2 Å². The van der Waals surface area contributed by atoms with Gasteiger partial charge in [-0.25, -0.2) is 0 Å². The van der Waals surface area contributed by atoms with Gasteiger partial charge in [0.15, 0.2) is 0 Å². The van der Waals surface area contributed by atoms with E-state index in [4.69, 9.17) is 10.5 Å². The summed E-state index contributed by atoms with van der Waals surface area (Å²) in [6.45, 7) is 0.0600. The summed E-state index contributed by atoms with van der Waals surface area (Å²) in [5.41, 5.74) is 4.66. The smallest absolute Gasteiger partial charge is 0.383 e. The summed E-state index contributed by atoms with van der Waals surface area (Å²) in [4.78, 5) is 12.1. The van der Waals surface area contributed by atoms with E-state index in [1.165, 1.54) is 13.2 Å². The zero-order chi connectivity index (χ0) is 16.4. The summed E-state index contributed by atoms with van der Waals surface area (Å²) in [6.07, 6.45) is -2.37. The van der Waals surface area contributed by atoms with Crippen LogP contribution >= 0.6 is 12.4 Å². The van der Waals surface area contributed by atoms with E-state index in [-0.39, 0.29) is 19.0 Å². The van der Waals surface area contributed by atoms with Crippen LogP contribution in [-0.2, 0) is 21.2 Å². The molecule has 1 unspecified atom stereocenters. The Morgan fingerprint density at radius 3 is 2.57 bits per heavy atom. The maximum Gasteiger partial charge on any atom is 0.416 e. The van der Waals surface area contributed by atoms with Crippen molar-refractivity contribution >= 4 is 18.3 Å². The number of nitrogens with two attached hydrogens (primary N) is 1. The van der Waals surface area contributed by atoms with Gasteiger partial charge in [0.2, 0.25) is 5.91 Å². The highest BCUT2D eigenvalue weighted by molar-refractivity contribution is 5.85. The van der Waals surface area contributed by atoms with Gasteiger partial charge >= 0.3 is 6.18 Å². The number of rotatable bonds is 5. The van der Waals surface area contributed by atoms with Crippen LogP contribution in [0.3, 0.4) is 0 Å². The molecule has 1 aromatic rings. The molecule has 0 aliphatic heterocycles. The molecule has 2 rings (SSSR count). The van der Waals surface area contributed by atoms with E-state index in [1.54, 1.807) is 6.07 Å². The minimum atomic E-state index is -4.41. The summed E-state index contributed by atoms with van der Waals surface area (Å²) < 4.78 is 43.4. The van der Waals surface area contributed by atoms with Crippen molar-refractivity contribution in [1.82, 2.24) is 5.32 Å². The number of nitrogens with one attached hydrogen (secondary N) is 1. The van der Waals surface area contributed by atoms with Gasteiger partial charge in [-0.2, -0.15) is 13.2 Å². The van der Waals surface area contributed by atoms with Crippen LogP contribution in [-0.4, -0.2) is 25.7 Å². The first-order chi connectivity index (χ1) is 10.3. The maximum atomic E-state index is 12.8. The van der Waals surface area contributed by atoms with Crippen molar-refractivity contribution in [2.24, 2.45) is 5.73 Å². The molecule has 0 heterocycles. The van der Waals surface area contributed by atoms with Crippen LogP contribution in [0.25, 0.3) is 0 Å². The lowest BCUT2D eigenvalue weighted by molar-refractivity contribution is -0.137. The number of halogens is 4. The van der Waals surface area contributed by atoms with E-state index in [0.29, 0.717) is 18.4 Å². The standard InChI is InChI=1S/C15H19F3N2O2.ClH/c1-22-9-12(19)13(21)20-14(6-3-7-14)10-4-2-5-11(8-10)15(16,17)18;/h2,4-5,8,12H,3,6-7,9,19H2,1H3,(H,20,21);1H. The van der Waals surface area contributed by atoms with Gasteiger partial charge < -0.3 is 15.8 Å². The molecule has 1 atom stereocenters. The van der Waals surface area contributed by atoms with Crippen molar-refractivity contribution in [2.75, 3.05) is 13.7 Å². The predicted molar refractivity (Wildman–Crippen MR) is 82.2 cm³/mol. The topological polar surface area (TPSA) is 64.3 Å². The third-order valence-corrected chi connectivity index (χ3v) is 4.00. The van der Waals surface area contributed by atoms with Gasteiger partial charge in [-0.05, 0) is 37.0 Å². The molecule has 1 fully saturated rings. The summed E-state index contributed by atoms with van der Waals surface area (Å²) in [5.74, 6) is -0.418. The van der Waals surface area contributed by atoms with E-state index in [1.807, 2.05) is 0 Å². The van der Waals surface area contributed by atoms with Gasteiger partial charge in [-0.3, -0.25) is 4.79 Å². The minimum Gasteiger partial charge on any atom is -0.383 e. The van der Waals surface area contributed by atoms with Crippen molar-refractivity contribution in [1.29, 1.82) is 0 Å². The summed E-state index contributed by atoms with van der Waals surface area (Å²) in [6, 6.07) is 4.25. The summed E-state index contributed by atoms with van der Waals surface area (Å²) in [5, 5.41) is 2.80. The average Bonchev–Trinajstić information content (AvgIpc) is 2.42. The van der Waals surface area contributed by atoms with Crippen LogP contribution in [0.4, 0.5) is 13.2 Å². The number of carbonyl (C=O) groups is 1. The van der Waals surface area contributed by atoms with E-state index in [9.17, 15) is 18.0 Å². The maximum absolute atomic E-state index is 12.8. The number of hydrogen-bond acceptors (Lipinski definition) is 3. The first-order valence-corrected chi connectivity index (χ1v) is 7.03. The molecule has 0 saturated heterocycles. The Hall–Kier alpha value is -1.31. The van der Waals surface area contributed by atoms with Crippen LogP contribution in [0.2, 0.25) is 0 Å². The van der Waals surface area contributed by atoms with Crippen LogP contribution in [0.5, 0.6) is 0 Å². The lowest BCUT2D eigenvalue weighted by Crippen LogP contribution is -2.56. The van der Waals surface area contributed by atoms with Crippen LogP contribution in [0, 0.1) is 0 Å². The number of methoxy groups -OCH3 is 1. The fraction of sp³-hybridized carbons (Fsp3) is 0.533. The van der Waals surface area contributed by atoms with Crippen LogP contribution in [0.1, 0.15) is 30.4 Å². The quantitative estimate of drug-likeness (QED) is 0.856. The molecule has 130 valence electrons. The molecule has 0 spiro atoms. The Morgan fingerprint density at radius 2 is 2.09 bits per heavy atom. The fourth-order valence-electron chi connectivity index (χ4n) is 2.59. The molecular formula is C15H20ClF3N2O2. The molecule has 23 heavy (non-hydrogen) atoms. The number of amides is 1. The Kier molecular flexibility index (Phi) is 6.44. The third kappa shape index (κ3) is 4.37. The van der Waals surface area contributed by atoms with Crippen LogP contribution < -0.4 is 11.1 Å². The van der Waals surface area contributed by atoms with Gasteiger partial charge in [0.1, 0.15) is 6.04 Å². The fourth-order valence-corrected chi connectivity index (χ4v) is 2.59. The SMILES string of the molecule is COCC(N)C(=O)NC1(c2cccc(C(F)(F)F)c2)CCC1.Cl. The highest BCUT2D eigenvalue weighted by Gasteiger charge is 2.42. The Labute approximate surface area is 139 Å². The first-order valence-electron chi connectivity index (χ1n) is 7.03. The van der Waals surface area contributed by atoms with Gasteiger partial charge in [-0.1, -0.05) is 12.1 Å². The second-order valence-corrected chi connectivity index (χ2v) is 5.57. The van der Waals surface area contributed by atoms with Gasteiger partial charge in [0.05, 0.1) is 17.7 Å². The molecule has 1 aromatic carbocycles. The molecule has 1 saturated carbocycles. The monoisotopic (exact) mass is 352 g/mol. The van der Waals surface area contributed by atoms with Crippen molar-refractivity contribution < 1.29 is 22.7 Å². The van der Waals surface area contributed by atoms with E-state index in [2.05, 4.69) is 5.32 Å². The van der Waals surface area contributed by atoms with Crippen molar-refractivity contribution in [2.45, 2.75) is 37.0 Å². The molecule has 3 N–H and O–H groups in total. The second kappa shape index (κ2) is 7.51. The molecule has 1 amide bonds. The lowest BCUT2D eigenvalue weighted by atomic mass is 9.71. The zero-order valence-electron chi connectivity index (χ0n) is 12.7. The number of hydrogen-bond donors (Lipinski definition) is 2. The van der Waals surface area contributed by atoms with Gasteiger partial charge in [0.25, 0.3) is 0 Å². The highest BCUT2D eigenvalue weighted by atomic mass is 35.5. The van der Waals surface area contributed by atoms with E-state index in [0.717, 1.165) is 18.6 Å². The Bertz CT molecular complexity index is 548. The van der Waals surface area contributed by atoms with Crippen molar-refractivity contribution in [3.05, 3.63) is 35.4 Å². The number of ether oxygens (including phenoxy) is 1. The molecule has 1 aliphatic rings. The predicted octanol–water partition coefficient (Wildman–Crippen LogP) is 2.60. The molecule has 0 aromatic heterocycles. The summed E-state index contributed by atoms with van der Waals surface area (Å²) in [7, 11) is 1.43. The zero-order valence-corrected chi connectivity index (χ0v) is 13.5. The number of alkyl halides is 3. The second-order valence-electron chi connectivity index (χ2n) is 5.57.